The van der Waals surface area contributed by atoms with E-state index in [9.17, 15) is 36.5 Å². The molecule has 0 bridgehead atoms. The zero-order chi connectivity index (χ0) is 30.0. The molecule has 0 aliphatic carbocycles. The van der Waals surface area contributed by atoms with Gasteiger partial charge in [0, 0.05) is 60.1 Å². The fourth-order valence-corrected chi connectivity index (χ4v) is 4.00. The Kier molecular flexibility index (Phi) is 9.54. The summed E-state index contributed by atoms with van der Waals surface area (Å²) in [4.78, 5) is 38.1. The van der Waals surface area contributed by atoms with Gasteiger partial charge in [0.2, 0.25) is 0 Å². The second-order valence-electron chi connectivity index (χ2n) is 8.96. The molecule has 0 spiro atoms. The van der Waals surface area contributed by atoms with E-state index >= 15 is 0 Å². The average molecular weight is 588 g/mol. The van der Waals surface area contributed by atoms with E-state index in [4.69, 9.17) is 20.6 Å². The number of aromatic nitrogens is 1. The van der Waals surface area contributed by atoms with Gasteiger partial charge in [0.1, 0.15) is 0 Å². The van der Waals surface area contributed by atoms with Gasteiger partial charge in [-0.05, 0) is 24.1 Å². The fourth-order valence-electron chi connectivity index (χ4n) is 4.00. The standard InChI is InChI=1S/C20H21N5O4.2CH4O3S/c1-10(14(22)8-21)9-24-19(26)12-4-6-16-17(18(12)20(24)27)13-7-11(25(28)29)3-5-15(13)23(16)2;2*1-5(2,3)4/h3-7,10,14H,8-9,21-22H2,1-2H3;2*1H3,(H,2,3,4)/t10-,14?;;/m1../s1. The number of imide groups is 1. The van der Waals surface area contributed by atoms with Crippen LogP contribution in [0.4, 0.5) is 5.69 Å². The molecule has 6 N–H and O–H groups in total. The lowest BCUT2D eigenvalue weighted by atomic mass is 10.0. The summed E-state index contributed by atoms with van der Waals surface area (Å²) in [6.45, 7) is 2.26. The molecule has 0 fully saturated rings. The number of hydrogen-bond acceptors (Lipinski definition) is 10. The minimum Gasteiger partial charge on any atom is -0.344 e. The average Bonchev–Trinajstić information content (AvgIpc) is 3.22. The number of nitrogens with two attached hydrogens (primary N) is 2. The van der Waals surface area contributed by atoms with Gasteiger partial charge in [-0.3, -0.25) is 33.7 Å². The molecule has 17 heteroatoms. The van der Waals surface area contributed by atoms with Gasteiger partial charge in [0.05, 0.1) is 28.6 Å². The van der Waals surface area contributed by atoms with E-state index in [1.165, 1.54) is 17.0 Å². The van der Waals surface area contributed by atoms with Gasteiger partial charge < -0.3 is 16.0 Å². The summed E-state index contributed by atoms with van der Waals surface area (Å²) >= 11 is 0. The molecule has 2 amide bonds. The summed E-state index contributed by atoms with van der Waals surface area (Å²) in [6.07, 6.45) is 1.43. The molecule has 0 radical (unpaired) electrons. The lowest BCUT2D eigenvalue weighted by molar-refractivity contribution is -0.384. The van der Waals surface area contributed by atoms with Crippen molar-refractivity contribution in [1.29, 1.82) is 0 Å². The molecule has 1 aliphatic rings. The molecule has 3 aromatic rings. The van der Waals surface area contributed by atoms with Crippen molar-refractivity contribution in [2.45, 2.75) is 13.0 Å². The molecule has 15 nitrogen and oxygen atoms in total. The number of amides is 2. The van der Waals surface area contributed by atoms with Crippen molar-refractivity contribution in [3.63, 3.8) is 0 Å². The minimum atomic E-state index is -3.67. The molecule has 1 aliphatic heterocycles. The van der Waals surface area contributed by atoms with Crippen molar-refractivity contribution < 1.29 is 40.5 Å². The van der Waals surface area contributed by atoms with Crippen LogP contribution in [-0.2, 0) is 27.3 Å². The molecular weight excluding hydrogens is 558 g/mol. The van der Waals surface area contributed by atoms with E-state index in [1.807, 2.05) is 18.5 Å². The van der Waals surface area contributed by atoms with Crippen molar-refractivity contribution in [2.75, 3.05) is 25.6 Å². The van der Waals surface area contributed by atoms with Crippen LogP contribution in [0, 0.1) is 16.0 Å². The third-order valence-corrected chi connectivity index (χ3v) is 5.77. The predicted octanol–water partition coefficient (Wildman–Crippen LogP) is 0.766. The Balaban J connectivity index is 0.000000458. The van der Waals surface area contributed by atoms with Crippen LogP contribution in [-0.4, -0.2) is 83.8 Å². The highest BCUT2D eigenvalue weighted by Crippen LogP contribution is 2.38. The lowest BCUT2D eigenvalue weighted by Gasteiger charge is -2.23. The quantitative estimate of drug-likeness (QED) is 0.140. The van der Waals surface area contributed by atoms with Crippen molar-refractivity contribution in [3.05, 3.63) is 51.6 Å². The summed E-state index contributed by atoms with van der Waals surface area (Å²) in [7, 11) is -5.51. The van der Waals surface area contributed by atoms with Crippen LogP contribution in [0.15, 0.2) is 30.3 Å². The van der Waals surface area contributed by atoms with Gasteiger partial charge in [-0.1, -0.05) is 6.92 Å². The normalized spacial score (nSPS) is 14.8. The lowest BCUT2D eigenvalue weighted by Crippen LogP contribution is -2.43. The number of hydrogen-bond donors (Lipinski definition) is 4. The largest absolute Gasteiger partial charge is 0.344 e. The first-order valence-corrected chi connectivity index (χ1v) is 14.8. The van der Waals surface area contributed by atoms with Gasteiger partial charge in [-0.25, -0.2) is 0 Å². The van der Waals surface area contributed by atoms with E-state index in [-0.39, 0.29) is 42.2 Å². The fraction of sp³-hybridized carbons (Fsp3) is 0.364. The SMILES string of the molecule is CS(=O)(=O)O.CS(=O)(=O)O.C[C@H](CN1C(=O)c2ccc3c(c2C1=O)c1cc([N+](=O)[O-])ccc1n3C)C(N)CN. The van der Waals surface area contributed by atoms with E-state index in [1.54, 1.807) is 18.2 Å². The Morgan fingerprint density at radius 2 is 1.51 bits per heavy atom. The minimum absolute atomic E-state index is 0.0706. The maximum atomic E-state index is 13.2. The molecule has 1 aromatic heterocycles. The van der Waals surface area contributed by atoms with E-state index < -0.39 is 31.1 Å². The molecule has 4 rings (SSSR count). The monoisotopic (exact) mass is 587 g/mol. The molecule has 1 unspecified atom stereocenters. The number of aryl methyl sites for hydroxylation is 1. The number of nitro benzene ring substituents is 1. The number of nitrogens with zero attached hydrogens (tertiary/aromatic N) is 3. The van der Waals surface area contributed by atoms with Crippen LogP contribution in [0.25, 0.3) is 21.8 Å². The topological polar surface area (TPSA) is 246 Å². The molecule has 39 heavy (non-hydrogen) atoms. The number of nitro groups is 1. The first-order chi connectivity index (χ1) is 17.8. The highest BCUT2D eigenvalue weighted by Gasteiger charge is 2.39. The smallest absolute Gasteiger partial charge is 0.270 e. The number of non-ortho nitro benzene ring substituents is 1. The third kappa shape index (κ3) is 7.78. The Labute approximate surface area is 224 Å². The molecular formula is C22H29N5O10S2. The Morgan fingerprint density at radius 3 is 2.00 bits per heavy atom. The second-order valence-corrected chi connectivity index (χ2v) is 11.9. The molecule has 2 aromatic carbocycles. The molecule has 0 saturated carbocycles. The third-order valence-electron chi connectivity index (χ3n) is 5.77. The van der Waals surface area contributed by atoms with Crippen molar-refractivity contribution in [2.24, 2.45) is 24.4 Å². The van der Waals surface area contributed by atoms with E-state index in [0.29, 0.717) is 28.8 Å². The Bertz CT molecular complexity index is 1620. The highest BCUT2D eigenvalue weighted by molar-refractivity contribution is 7.85. The summed E-state index contributed by atoms with van der Waals surface area (Å²) in [5.74, 6) is -0.956. The molecule has 2 heterocycles. The zero-order valence-corrected chi connectivity index (χ0v) is 23.1. The van der Waals surface area contributed by atoms with Crippen LogP contribution in [0.3, 0.4) is 0 Å². The van der Waals surface area contributed by atoms with Gasteiger partial charge in [0.25, 0.3) is 37.7 Å². The van der Waals surface area contributed by atoms with Gasteiger partial charge in [-0.15, -0.1) is 0 Å². The second kappa shape index (κ2) is 11.7. The number of benzene rings is 2. The molecule has 214 valence electrons. The van der Waals surface area contributed by atoms with Crippen LogP contribution >= 0.6 is 0 Å². The first-order valence-electron chi connectivity index (χ1n) is 11.1. The zero-order valence-electron chi connectivity index (χ0n) is 21.4. The highest BCUT2D eigenvalue weighted by atomic mass is 32.2. The van der Waals surface area contributed by atoms with E-state index in [0.717, 1.165) is 11.0 Å². The predicted molar refractivity (Wildman–Crippen MR) is 144 cm³/mol. The number of carbonyl (C=O) groups excluding carboxylic acids is 2. The van der Waals surface area contributed by atoms with Crippen molar-refractivity contribution >= 4 is 59.5 Å². The molecule has 2 atom stereocenters. The Hall–Kier alpha value is -3.48. The maximum absolute atomic E-state index is 13.2. The summed E-state index contributed by atoms with van der Waals surface area (Å²) in [5.41, 5.74) is 13.6. The van der Waals surface area contributed by atoms with Gasteiger partial charge in [0.15, 0.2) is 0 Å². The van der Waals surface area contributed by atoms with Crippen molar-refractivity contribution in [1.82, 2.24) is 9.47 Å². The molecule has 0 saturated heterocycles. The summed E-state index contributed by atoms with van der Waals surface area (Å²) in [5, 5.41) is 12.4. The Morgan fingerprint density at radius 1 is 1.00 bits per heavy atom. The number of rotatable bonds is 5. The summed E-state index contributed by atoms with van der Waals surface area (Å²) in [6, 6.07) is 7.60. The van der Waals surface area contributed by atoms with Gasteiger partial charge in [-0.2, -0.15) is 16.8 Å². The van der Waals surface area contributed by atoms with Crippen LogP contribution in [0.2, 0.25) is 0 Å². The maximum Gasteiger partial charge on any atom is 0.270 e. The van der Waals surface area contributed by atoms with E-state index in [2.05, 4.69) is 0 Å². The number of fused-ring (bicyclic) bond motifs is 5. The number of carbonyl (C=O) groups is 2. The summed E-state index contributed by atoms with van der Waals surface area (Å²) < 4.78 is 53.6. The van der Waals surface area contributed by atoms with Crippen LogP contribution in [0.5, 0.6) is 0 Å². The van der Waals surface area contributed by atoms with Crippen molar-refractivity contribution in [3.8, 4) is 0 Å². The van der Waals surface area contributed by atoms with Crippen LogP contribution in [0.1, 0.15) is 27.6 Å². The van der Waals surface area contributed by atoms with Crippen LogP contribution < -0.4 is 11.5 Å². The first kappa shape index (κ1) is 31.7. The van der Waals surface area contributed by atoms with Gasteiger partial charge >= 0.3 is 0 Å².